The molecule has 0 heterocycles. The van der Waals surface area contributed by atoms with E-state index in [1.807, 2.05) is 45.0 Å². The Labute approximate surface area is 256 Å². The second-order valence-electron chi connectivity index (χ2n) is 13.2. The van der Waals surface area contributed by atoms with Crippen LogP contribution in [0.15, 0.2) is 48.5 Å². The molecule has 1 atom stereocenters. The average Bonchev–Trinajstić information content (AvgIpc) is 2.91. The molecular weight excluding hydrogens is 570 g/mol. The smallest absolute Gasteiger partial charge is 0.244 e. The highest BCUT2D eigenvalue weighted by Crippen LogP contribution is 2.60. The van der Waals surface area contributed by atoms with E-state index in [2.05, 4.69) is 17.4 Å². The number of amides is 2. The molecule has 0 aromatic heterocycles. The molecule has 0 radical (unpaired) electrons. The first-order valence-corrected chi connectivity index (χ1v) is 17.5. The van der Waals surface area contributed by atoms with Crippen molar-refractivity contribution in [3.63, 3.8) is 0 Å². The third kappa shape index (κ3) is 6.65. The summed E-state index contributed by atoms with van der Waals surface area (Å²) in [5.74, 6) is 1.73. The van der Waals surface area contributed by atoms with Gasteiger partial charge in [-0.1, -0.05) is 42.8 Å². The van der Waals surface area contributed by atoms with E-state index in [0.29, 0.717) is 17.1 Å². The van der Waals surface area contributed by atoms with Gasteiger partial charge >= 0.3 is 0 Å². The van der Waals surface area contributed by atoms with Crippen LogP contribution in [-0.4, -0.2) is 50.0 Å². The highest BCUT2D eigenvalue weighted by atomic mass is 35.5. The van der Waals surface area contributed by atoms with E-state index in [1.54, 1.807) is 12.1 Å². The van der Waals surface area contributed by atoms with Gasteiger partial charge in [0, 0.05) is 17.6 Å². The van der Waals surface area contributed by atoms with Crippen LogP contribution >= 0.6 is 11.6 Å². The fourth-order valence-electron chi connectivity index (χ4n) is 8.15. The monoisotopic (exact) mass is 613 g/mol. The predicted octanol–water partition coefficient (Wildman–Crippen LogP) is 5.91. The van der Waals surface area contributed by atoms with Gasteiger partial charge in [0.15, 0.2) is 0 Å². The van der Waals surface area contributed by atoms with E-state index >= 15 is 0 Å². The first-order valence-electron chi connectivity index (χ1n) is 15.3. The van der Waals surface area contributed by atoms with Gasteiger partial charge in [-0.15, -0.1) is 0 Å². The van der Waals surface area contributed by atoms with E-state index in [4.69, 9.17) is 11.6 Å². The maximum absolute atomic E-state index is 13.9. The van der Waals surface area contributed by atoms with Crippen molar-refractivity contribution in [2.45, 2.75) is 89.8 Å². The van der Waals surface area contributed by atoms with Gasteiger partial charge in [0.05, 0.1) is 11.9 Å². The summed E-state index contributed by atoms with van der Waals surface area (Å²) in [5, 5.41) is 3.48. The zero-order valence-electron chi connectivity index (χ0n) is 25.2. The zero-order chi connectivity index (χ0) is 30.2. The molecule has 2 aromatic rings. The first-order chi connectivity index (χ1) is 19.9. The largest absolute Gasteiger partial charge is 0.352 e. The number of carbonyl (C=O) groups is 2. The van der Waals surface area contributed by atoms with Crippen molar-refractivity contribution in [1.82, 2.24) is 10.2 Å². The van der Waals surface area contributed by atoms with Gasteiger partial charge in [0.25, 0.3) is 0 Å². The van der Waals surface area contributed by atoms with Gasteiger partial charge in [-0.2, -0.15) is 0 Å². The number of hydrogen-bond acceptors (Lipinski definition) is 4. The van der Waals surface area contributed by atoms with Gasteiger partial charge in [-0.25, -0.2) is 8.42 Å². The Morgan fingerprint density at radius 2 is 1.50 bits per heavy atom. The van der Waals surface area contributed by atoms with Crippen LogP contribution in [-0.2, 0) is 31.6 Å². The molecule has 2 aromatic carbocycles. The lowest BCUT2D eigenvalue weighted by Gasteiger charge is -2.57. The molecular formula is C33H44ClN3O4S. The average molecular weight is 614 g/mol. The molecule has 1 N–H and O–H groups in total. The van der Waals surface area contributed by atoms with Crippen LogP contribution in [0.2, 0.25) is 5.02 Å². The molecule has 6 rings (SSSR count). The fourth-order valence-corrected chi connectivity index (χ4v) is 9.12. The van der Waals surface area contributed by atoms with Crippen LogP contribution in [0.25, 0.3) is 0 Å². The molecule has 2 amide bonds. The molecule has 4 saturated carbocycles. The summed E-state index contributed by atoms with van der Waals surface area (Å²) >= 11 is 6.08. The van der Waals surface area contributed by atoms with Gasteiger partial charge in [-0.05, 0) is 117 Å². The van der Waals surface area contributed by atoms with Gasteiger partial charge in [-0.3, -0.25) is 13.9 Å². The normalized spacial score (nSPS) is 25.3. The standard InChI is InChI=1S/C33H44ClN3O4S/c1-5-30(32(39)35-22(2)3)36(20-23-6-10-28(34)11-7-23)31(38)21-37(42(4,40)41)29-12-8-27(9-13-29)33-17-24-14-25(18-33)16-26(15-24)19-33/h6-13,22,24-26,30H,5,14-21H2,1-4H3,(H,35,39)/t24?,25?,26?,30-,33?/m0/s1. The van der Waals surface area contributed by atoms with E-state index in [1.165, 1.54) is 53.3 Å². The SMILES string of the molecule is CC[C@@H](C(=O)NC(C)C)N(Cc1ccc(Cl)cc1)C(=O)CN(c1ccc(C23CC4CC(CC(C4)C2)C3)cc1)S(C)(=O)=O. The molecule has 0 unspecified atom stereocenters. The third-order valence-electron chi connectivity index (χ3n) is 9.57. The van der Waals surface area contributed by atoms with Crippen molar-refractivity contribution in [2.75, 3.05) is 17.1 Å². The van der Waals surface area contributed by atoms with Crippen LogP contribution in [0, 0.1) is 17.8 Å². The Bertz CT molecular complexity index is 1360. The molecule has 228 valence electrons. The second kappa shape index (κ2) is 12.2. The van der Waals surface area contributed by atoms with Crippen LogP contribution in [0.4, 0.5) is 5.69 Å². The van der Waals surface area contributed by atoms with Gasteiger partial charge in [0.2, 0.25) is 21.8 Å². The number of nitrogens with one attached hydrogen (secondary N) is 1. The van der Waals surface area contributed by atoms with Gasteiger partial charge < -0.3 is 10.2 Å². The molecule has 4 bridgehead atoms. The Kier molecular flexibility index (Phi) is 8.96. The quantitative estimate of drug-likeness (QED) is 0.342. The summed E-state index contributed by atoms with van der Waals surface area (Å²) < 4.78 is 27.3. The maximum atomic E-state index is 13.9. The number of benzene rings is 2. The number of hydrogen-bond donors (Lipinski definition) is 1. The lowest BCUT2D eigenvalue weighted by atomic mass is 9.48. The van der Waals surface area contributed by atoms with Crippen molar-refractivity contribution in [1.29, 1.82) is 0 Å². The van der Waals surface area contributed by atoms with Crippen molar-refractivity contribution >= 4 is 39.1 Å². The number of carbonyl (C=O) groups excluding carboxylic acids is 2. The summed E-state index contributed by atoms with van der Waals surface area (Å²) in [7, 11) is -3.79. The topological polar surface area (TPSA) is 86.8 Å². The van der Waals surface area contributed by atoms with E-state index in [9.17, 15) is 18.0 Å². The summed E-state index contributed by atoms with van der Waals surface area (Å²) in [5.41, 5.74) is 2.76. The van der Waals surface area contributed by atoms with Crippen LogP contribution in [0.3, 0.4) is 0 Å². The van der Waals surface area contributed by atoms with Crippen LogP contribution < -0.4 is 9.62 Å². The Hall–Kier alpha value is -2.58. The zero-order valence-corrected chi connectivity index (χ0v) is 26.8. The van der Waals surface area contributed by atoms with Crippen molar-refractivity contribution in [2.24, 2.45) is 17.8 Å². The lowest BCUT2D eigenvalue weighted by molar-refractivity contribution is -0.140. The highest BCUT2D eigenvalue weighted by molar-refractivity contribution is 7.92. The molecule has 7 nitrogen and oxygen atoms in total. The summed E-state index contributed by atoms with van der Waals surface area (Å²) in [4.78, 5) is 28.6. The Balaban J connectivity index is 1.40. The van der Waals surface area contributed by atoms with Crippen LogP contribution in [0.5, 0.6) is 0 Å². The summed E-state index contributed by atoms with van der Waals surface area (Å²) in [6.07, 6.45) is 9.27. The van der Waals surface area contributed by atoms with E-state index in [-0.39, 0.29) is 23.9 Å². The van der Waals surface area contributed by atoms with Gasteiger partial charge in [0.1, 0.15) is 12.6 Å². The molecule has 4 fully saturated rings. The molecule has 4 aliphatic carbocycles. The number of nitrogens with zero attached hydrogens (tertiary/aromatic N) is 2. The lowest BCUT2D eigenvalue weighted by Crippen LogP contribution is -2.53. The van der Waals surface area contributed by atoms with E-state index in [0.717, 1.165) is 29.6 Å². The minimum absolute atomic E-state index is 0.0981. The number of anilines is 1. The maximum Gasteiger partial charge on any atom is 0.244 e. The third-order valence-corrected chi connectivity index (χ3v) is 11.0. The molecule has 0 saturated heterocycles. The Morgan fingerprint density at radius 1 is 0.952 bits per heavy atom. The summed E-state index contributed by atoms with van der Waals surface area (Å²) in [6, 6.07) is 14.1. The van der Waals surface area contributed by atoms with Crippen molar-refractivity contribution in [3.05, 3.63) is 64.7 Å². The minimum atomic E-state index is -3.79. The molecule has 0 aliphatic heterocycles. The second-order valence-corrected chi connectivity index (χ2v) is 15.6. The van der Waals surface area contributed by atoms with Crippen LogP contribution in [0.1, 0.15) is 76.8 Å². The minimum Gasteiger partial charge on any atom is -0.352 e. The summed E-state index contributed by atoms with van der Waals surface area (Å²) in [6.45, 7) is 5.35. The number of halogens is 1. The van der Waals surface area contributed by atoms with E-state index < -0.39 is 28.5 Å². The highest BCUT2D eigenvalue weighted by Gasteiger charge is 2.51. The molecule has 4 aliphatic rings. The predicted molar refractivity (Wildman–Crippen MR) is 168 cm³/mol. The fraction of sp³-hybridized carbons (Fsp3) is 0.576. The van der Waals surface area contributed by atoms with Crippen molar-refractivity contribution < 1.29 is 18.0 Å². The molecule has 42 heavy (non-hydrogen) atoms. The Morgan fingerprint density at radius 3 is 1.98 bits per heavy atom. The molecule has 9 heteroatoms. The number of rotatable bonds is 11. The van der Waals surface area contributed by atoms with Crippen molar-refractivity contribution in [3.8, 4) is 0 Å². The molecule has 0 spiro atoms. The first kappa shape index (κ1) is 30.9. The number of sulfonamides is 1.